The highest BCUT2D eigenvalue weighted by Crippen LogP contribution is 2.51. The Morgan fingerprint density at radius 1 is 0.660 bits per heavy atom. The quantitative estimate of drug-likeness (QED) is 0.178. The van der Waals surface area contributed by atoms with Crippen LogP contribution in [0.15, 0.2) is 157 Å². The summed E-state index contributed by atoms with van der Waals surface area (Å²) in [5, 5.41) is 10.3. The lowest BCUT2D eigenvalue weighted by atomic mass is 9.63. The van der Waals surface area contributed by atoms with Gasteiger partial charge in [0.25, 0.3) is 5.56 Å². The monoisotopic (exact) mass is 608 g/mol. The lowest BCUT2D eigenvalue weighted by Gasteiger charge is -2.38. The summed E-state index contributed by atoms with van der Waals surface area (Å²) in [4.78, 5) is 21.5. The number of aryl methyl sites for hydroxylation is 1. The summed E-state index contributed by atoms with van der Waals surface area (Å²) in [5.74, 6) is 0. The molecule has 3 heterocycles. The van der Waals surface area contributed by atoms with Gasteiger partial charge >= 0.3 is 0 Å². The van der Waals surface area contributed by atoms with Crippen LogP contribution in [-0.2, 0) is 11.8 Å². The summed E-state index contributed by atoms with van der Waals surface area (Å²) < 4.78 is 0. The highest BCUT2D eigenvalue weighted by Gasteiger charge is 2.42. The van der Waals surface area contributed by atoms with Crippen LogP contribution in [0.25, 0.3) is 33.1 Å². The van der Waals surface area contributed by atoms with Crippen LogP contribution >= 0.6 is 0 Å². The Hall–Kier alpha value is -6.07. The summed E-state index contributed by atoms with van der Waals surface area (Å²) in [6, 6.07) is 50.4. The van der Waals surface area contributed by atoms with Crippen LogP contribution in [-0.4, -0.2) is 20.2 Å². The number of nitrogens with zero attached hydrogens (tertiary/aromatic N) is 2. The Morgan fingerprint density at radius 3 is 1.81 bits per heavy atom. The van der Waals surface area contributed by atoms with E-state index >= 15 is 0 Å². The molecule has 0 unspecified atom stereocenters. The van der Waals surface area contributed by atoms with Gasteiger partial charge in [0, 0.05) is 40.2 Å². The standard InChI is InChI=1S/C42H32N4O/c1-28-24-30(22-23-43-28)40-38-37(45-46-40)27-36-35(26-31(41(47)44-36)25-29-14-6-2-7-15-29)39(38)42(32-16-8-3-9-17-32,33-18-10-4-11-19-33)34-20-12-5-13-21-34/h2-24,26-27H,25H2,1H3,(H,44,47)(H,45,46). The van der Waals surface area contributed by atoms with Gasteiger partial charge in [-0.25, -0.2) is 0 Å². The fraction of sp³-hybridized carbons (Fsp3) is 0.0714. The van der Waals surface area contributed by atoms with E-state index in [2.05, 4.69) is 130 Å². The van der Waals surface area contributed by atoms with Crippen LogP contribution in [0.5, 0.6) is 0 Å². The lowest BCUT2D eigenvalue weighted by Crippen LogP contribution is -2.32. The molecule has 5 nitrogen and oxygen atoms in total. The molecule has 0 saturated heterocycles. The largest absolute Gasteiger partial charge is 0.322 e. The molecule has 5 heteroatoms. The average molecular weight is 609 g/mol. The maximum atomic E-state index is 13.7. The van der Waals surface area contributed by atoms with Gasteiger partial charge in [-0.3, -0.25) is 14.9 Å². The molecule has 0 fully saturated rings. The number of rotatable bonds is 7. The topological polar surface area (TPSA) is 74.4 Å². The molecule has 226 valence electrons. The Morgan fingerprint density at radius 2 is 1.23 bits per heavy atom. The predicted octanol–water partition coefficient (Wildman–Crippen LogP) is 8.75. The summed E-state index contributed by atoms with van der Waals surface area (Å²) >= 11 is 0. The molecule has 8 rings (SSSR count). The van der Waals surface area contributed by atoms with Crippen molar-refractivity contribution in [3.63, 3.8) is 0 Å². The van der Waals surface area contributed by atoms with E-state index < -0.39 is 5.41 Å². The van der Waals surface area contributed by atoms with Gasteiger partial charge < -0.3 is 4.98 Å². The van der Waals surface area contributed by atoms with Crippen molar-refractivity contribution in [1.29, 1.82) is 0 Å². The number of aromatic nitrogens is 4. The molecule has 0 spiro atoms. The Kier molecular flexibility index (Phi) is 7.07. The van der Waals surface area contributed by atoms with Crippen molar-refractivity contribution in [1.82, 2.24) is 20.2 Å². The first kappa shape index (κ1) is 28.4. The van der Waals surface area contributed by atoms with Crippen LogP contribution in [0, 0.1) is 6.92 Å². The van der Waals surface area contributed by atoms with Gasteiger partial charge in [0.05, 0.1) is 16.4 Å². The first-order valence-electron chi connectivity index (χ1n) is 15.8. The smallest absolute Gasteiger partial charge is 0.251 e. The minimum Gasteiger partial charge on any atom is -0.322 e. The van der Waals surface area contributed by atoms with Crippen LogP contribution in [0.3, 0.4) is 0 Å². The molecule has 0 aliphatic rings. The molecule has 0 radical (unpaired) electrons. The van der Waals surface area contributed by atoms with Gasteiger partial charge in [-0.2, -0.15) is 5.10 Å². The molecule has 8 aromatic rings. The van der Waals surface area contributed by atoms with Gasteiger partial charge in [-0.05, 0) is 59.0 Å². The summed E-state index contributed by atoms with van der Waals surface area (Å²) in [7, 11) is 0. The van der Waals surface area contributed by atoms with Gasteiger partial charge in [0.2, 0.25) is 0 Å². The Bertz CT molecular complexity index is 2300. The number of hydrogen-bond donors (Lipinski definition) is 2. The molecule has 0 bridgehead atoms. The molecule has 0 atom stereocenters. The average Bonchev–Trinajstić information content (AvgIpc) is 3.54. The van der Waals surface area contributed by atoms with Crippen molar-refractivity contribution < 1.29 is 0 Å². The normalized spacial score (nSPS) is 11.7. The molecule has 0 amide bonds. The number of fused-ring (bicyclic) bond motifs is 2. The van der Waals surface area contributed by atoms with E-state index in [4.69, 9.17) is 5.10 Å². The molecule has 0 aliphatic carbocycles. The van der Waals surface area contributed by atoms with Gasteiger partial charge in [-0.1, -0.05) is 121 Å². The second-order valence-corrected chi connectivity index (χ2v) is 12.0. The summed E-state index contributed by atoms with van der Waals surface area (Å²) in [6.07, 6.45) is 2.35. The predicted molar refractivity (Wildman–Crippen MR) is 190 cm³/mol. The minimum atomic E-state index is -0.787. The molecule has 3 aromatic heterocycles. The fourth-order valence-corrected chi connectivity index (χ4v) is 7.14. The second-order valence-electron chi connectivity index (χ2n) is 12.0. The van der Waals surface area contributed by atoms with Gasteiger partial charge in [-0.15, -0.1) is 0 Å². The van der Waals surface area contributed by atoms with Gasteiger partial charge in [0.1, 0.15) is 5.69 Å². The zero-order valence-corrected chi connectivity index (χ0v) is 25.9. The van der Waals surface area contributed by atoms with E-state index in [0.717, 1.165) is 66.6 Å². The van der Waals surface area contributed by atoms with Crippen LogP contribution in [0.1, 0.15) is 39.1 Å². The SMILES string of the molecule is Cc1cc(-c2n[nH]c3cc4[nH]c(=O)c(Cc5ccccc5)cc4c(C(c4ccccc4)(c4ccccc4)c4ccccc4)c23)ccn1. The molecule has 0 aliphatic heterocycles. The maximum absolute atomic E-state index is 13.7. The van der Waals surface area contributed by atoms with Crippen molar-refractivity contribution in [2.24, 2.45) is 0 Å². The third-order valence-corrected chi connectivity index (χ3v) is 9.15. The van der Waals surface area contributed by atoms with E-state index in [1.165, 1.54) is 0 Å². The lowest BCUT2D eigenvalue weighted by molar-refractivity contribution is 0.759. The number of aromatic amines is 2. The summed E-state index contributed by atoms with van der Waals surface area (Å²) in [5.41, 5.74) is 9.61. The fourth-order valence-electron chi connectivity index (χ4n) is 7.14. The number of hydrogen-bond acceptors (Lipinski definition) is 3. The van der Waals surface area contributed by atoms with Crippen molar-refractivity contribution >= 4 is 21.8 Å². The first-order valence-corrected chi connectivity index (χ1v) is 15.8. The van der Waals surface area contributed by atoms with E-state index in [-0.39, 0.29) is 5.56 Å². The second kappa shape index (κ2) is 11.7. The number of benzene rings is 5. The maximum Gasteiger partial charge on any atom is 0.251 e. The van der Waals surface area contributed by atoms with Crippen LogP contribution < -0.4 is 5.56 Å². The molecular weight excluding hydrogens is 576 g/mol. The number of H-pyrrole nitrogens is 2. The molecule has 47 heavy (non-hydrogen) atoms. The van der Waals surface area contributed by atoms with Gasteiger partial charge in [0.15, 0.2) is 0 Å². The van der Waals surface area contributed by atoms with E-state index in [1.54, 1.807) is 0 Å². The van der Waals surface area contributed by atoms with Crippen molar-refractivity contribution in [2.45, 2.75) is 18.8 Å². The van der Waals surface area contributed by atoms with Crippen LogP contribution in [0.2, 0.25) is 0 Å². The minimum absolute atomic E-state index is 0.0964. The van der Waals surface area contributed by atoms with E-state index in [0.29, 0.717) is 12.0 Å². The Labute approximate surface area is 272 Å². The van der Waals surface area contributed by atoms with E-state index in [1.807, 2.05) is 43.5 Å². The molecule has 2 N–H and O–H groups in total. The summed E-state index contributed by atoms with van der Waals surface area (Å²) in [6.45, 7) is 2.00. The highest BCUT2D eigenvalue weighted by atomic mass is 16.1. The molecule has 0 saturated carbocycles. The molecular formula is C42H32N4O. The zero-order valence-electron chi connectivity index (χ0n) is 25.9. The van der Waals surface area contributed by atoms with Crippen molar-refractivity contribution in [3.8, 4) is 11.3 Å². The van der Waals surface area contributed by atoms with Crippen molar-refractivity contribution in [2.75, 3.05) is 0 Å². The third kappa shape index (κ3) is 4.84. The first-order chi connectivity index (χ1) is 23.1. The third-order valence-electron chi connectivity index (χ3n) is 9.15. The van der Waals surface area contributed by atoms with Crippen molar-refractivity contribution in [3.05, 3.63) is 201 Å². The molecule has 5 aromatic carbocycles. The highest BCUT2D eigenvalue weighted by molar-refractivity contribution is 6.08. The Balaban J connectivity index is 1.60. The number of nitrogens with one attached hydrogen (secondary N) is 2. The van der Waals surface area contributed by atoms with E-state index in [9.17, 15) is 4.79 Å². The number of pyridine rings is 2. The zero-order chi connectivity index (χ0) is 31.8. The van der Waals surface area contributed by atoms with Crippen LogP contribution in [0.4, 0.5) is 0 Å².